The molecule has 0 aliphatic heterocycles. The first-order valence-corrected chi connectivity index (χ1v) is 9.55. The van der Waals surface area contributed by atoms with Gasteiger partial charge in [-0.15, -0.1) is 0 Å². The van der Waals surface area contributed by atoms with E-state index in [0.29, 0.717) is 21.6 Å². The van der Waals surface area contributed by atoms with Gasteiger partial charge in [-0.2, -0.15) is 5.10 Å². The Morgan fingerprint density at radius 1 is 1.18 bits per heavy atom. The second kappa shape index (κ2) is 8.66. The maximum Gasteiger partial charge on any atom is 0.289 e. The molecule has 1 aromatic carbocycles. The molecular weight excluding hydrogens is 448 g/mol. The van der Waals surface area contributed by atoms with E-state index in [9.17, 15) is 4.79 Å². The lowest BCUT2D eigenvalue weighted by atomic mass is 10.3. The average molecular weight is 463 g/mol. The maximum absolute atomic E-state index is 12.6. The van der Waals surface area contributed by atoms with Gasteiger partial charge in [0.05, 0.1) is 33.5 Å². The van der Waals surface area contributed by atoms with Gasteiger partial charge in [0.15, 0.2) is 11.5 Å². The Morgan fingerprint density at radius 2 is 1.86 bits per heavy atom. The number of ether oxygens (including phenoxy) is 1. The summed E-state index contributed by atoms with van der Waals surface area (Å²) >= 11 is 24.1. The maximum atomic E-state index is 12.6. The zero-order chi connectivity index (χ0) is 20.4. The fourth-order valence-corrected chi connectivity index (χ4v) is 3.63. The summed E-state index contributed by atoms with van der Waals surface area (Å²) in [4.78, 5) is 14.1. The Morgan fingerprint density at radius 3 is 2.46 bits per heavy atom. The molecule has 28 heavy (non-hydrogen) atoms. The zero-order valence-corrected chi connectivity index (χ0v) is 17.9. The van der Waals surface area contributed by atoms with Gasteiger partial charge in [-0.25, -0.2) is 0 Å². The zero-order valence-electron chi connectivity index (χ0n) is 14.9. The van der Waals surface area contributed by atoms with Crippen LogP contribution in [0, 0.1) is 0 Å². The molecule has 0 atom stereocenters. The average Bonchev–Trinajstić information content (AvgIpc) is 3.22. The van der Waals surface area contributed by atoms with Crippen LogP contribution in [0.5, 0.6) is 5.75 Å². The molecular formula is C18H15Cl4N3O3. The van der Waals surface area contributed by atoms with Gasteiger partial charge >= 0.3 is 0 Å². The second-order valence-corrected chi connectivity index (χ2v) is 7.64. The first kappa shape index (κ1) is 20.9. The monoisotopic (exact) mass is 461 g/mol. The summed E-state index contributed by atoms with van der Waals surface area (Å²) in [5.74, 6) is 0.608. The minimum Gasteiger partial charge on any atom is -0.483 e. The van der Waals surface area contributed by atoms with Crippen molar-refractivity contribution in [1.82, 2.24) is 14.7 Å². The Kier molecular flexibility index (Phi) is 6.45. The van der Waals surface area contributed by atoms with Crippen molar-refractivity contribution in [3.8, 4) is 5.75 Å². The third-order valence-corrected chi connectivity index (χ3v) is 5.03. The van der Waals surface area contributed by atoms with Crippen molar-refractivity contribution >= 4 is 52.3 Å². The molecule has 0 spiro atoms. The quantitative estimate of drug-likeness (QED) is 0.486. The predicted octanol–water partition coefficient (Wildman–Crippen LogP) is 5.48. The number of furan rings is 1. The fraction of sp³-hybridized carbons (Fsp3) is 0.222. The Hall–Kier alpha value is -1.86. The molecule has 3 rings (SSSR count). The van der Waals surface area contributed by atoms with Crippen LogP contribution >= 0.6 is 46.4 Å². The summed E-state index contributed by atoms with van der Waals surface area (Å²) in [7, 11) is 3.41. The molecule has 0 saturated heterocycles. The summed E-state index contributed by atoms with van der Waals surface area (Å²) in [5, 5.41) is 5.53. The first-order valence-electron chi connectivity index (χ1n) is 8.04. The Balaban J connectivity index is 1.66. The van der Waals surface area contributed by atoms with E-state index in [4.69, 9.17) is 55.6 Å². The number of benzene rings is 1. The van der Waals surface area contributed by atoms with E-state index in [-0.39, 0.29) is 34.9 Å². The van der Waals surface area contributed by atoms with Crippen LogP contribution in [0.4, 0.5) is 0 Å². The van der Waals surface area contributed by atoms with Gasteiger partial charge in [-0.3, -0.25) is 9.48 Å². The highest BCUT2D eigenvalue weighted by atomic mass is 35.5. The molecule has 0 unspecified atom stereocenters. The summed E-state index contributed by atoms with van der Waals surface area (Å²) in [5.41, 5.74) is 0.722. The van der Waals surface area contributed by atoms with Gasteiger partial charge in [0, 0.05) is 19.1 Å². The number of aromatic nitrogens is 2. The van der Waals surface area contributed by atoms with Crippen LogP contribution < -0.4 is 4.74 Å². The number of carbonyl (C=O) groups excluding carboxylic acids is 1. The van der Waals surface area contributed by atoms with Gasteiger partial charge in [-0.05, 0) is 24.3 Å². The van der Waals surface area contributed by atoms with Crippen molar-refractivity contribution in [2.75, 3.05) is 7.05 Å². The fourth-order valence-electron chi connectivity index (χ4n) is 2.48. The summed E-state index contributed by atoms with van der Waals surface area (Å²) in [6.07, 6.45) is 1.53. The topological polar surface area (TPSA) is 60.5 Å². The highest BCUT2D eigenvalue weighted by Crippen LogP contribution is 2.36. The van der Waals surface area contributed by atoms with Gasteiger partial charge in [0.1, 0.15) is 12.4 Å². The number of rotatable bonds is 6. The Bertz CT molecular complexity index is 973. The van der Waals surface area contributed by atoms with Crippen LogP contribution in [-0.2, 0) is 20.2 Å². The number of carbonyl (C=O) groups is 1. The van der Waals surface area contributed by atoms with Gasteiger partial charge in [0.25, 0.3) is 5.91 Å². The number of halogens is 4. The van der Waals surface area contributed by atoms with Crippen LogP contribution in [0.15, 0.2) is 34.9 Å². The molecule has 3 aromatic rings. The van der Waals surface area contributed by atoms with Crippen molar-refractivity contribution in [2.24, 2.45) is 7.05 Å². The smallest absolute Gasteiger partial charge is 0.289 e. The molecule has 0 saturated carbocycles. The second-order valence-electron chi connectivity index (χ2n) is 5.98. The lowest BCUT2D eigenvalue weighted by Crippen LogP contribution is -2.27. The summed E-state index contributed by atoms with van der Waals surface area (Å²) < 4.78 is 12.8. The number of hydrogen-bond acceptors (Lipinski definition) is 4. The molecule has 0 N–H and O–H groups in total. The standard InChI is InChI=1S/C18H15Cl4N3O3/c1-24(8-15-14(22)7-23-25(15)2)18(26)16-4-3-11(28-16)9-27-17-12(20)5-10(19)6-13(17)21/h3-7H,8-9H2,1-2H3. The van der Waals surface area contributed by atoms with Gasteiger partial charge in [-0.1, -0.05) is 46.4 Å². The van der Waals surface area contributed by atoms with Gasteiger partial charge in [0.2, 0.25) is 0 Å². The molecule has 6 nitrogen and oxygen atoms in total. The number of hydrogen-bond donors (Lipinski definition) is 0. The lowest BCUT2D eigenvalue weighted by Gasteiger charge is -2.16. The minimum atomic E-state index is -0.300. The number of amides is 1. The third-order valence-electron chi connectivity index (χ3n) is 3.94. The molecule has 0 fully saturated rings. The van der Waals surface area contributed by atoms with E-state index < -0.39 is 0 Å². The van der Waals surface area contributed by atoms with E-state index in [2.05, 4.69) is 5.10 Å². The molecule has 0 aliphatic rings. The third kappa shape index (κ3) is 4.58. The lowest BCUT2D eigenvalue weighted by molar-refractivity contribution is 0.0746. The Labute approximate surface area is 181 Å². The van der Waals surface area contributed by atoms with Crippen molar-refractivity contribution in [2.45, 2.75) is 13.2 Å². The van der Waals surface area contributed by atoms with E-state index in [1.54, 1.807) is 30.9 Å². The van der Waals surface area contributed by atoms with E-state index in [0.717, 1.165) is 5.69 Å². The van der Waals surface area contributed by atoms with Crippen molar-refractivity contribution in [1.29, 1.82) is 0 Å². The molecule has 2 aromatic heterocycles. The van der Waals surface area contributed by atoms with Gasteiger partial charge < -0.3 is 14.1 Å². The molecule has 148 valence electrons. The predicted molar refractivity (Wildman–Crippen MR) is 109 cm³/mol. The van der Waals surface area contributed by atoms with Crippen LogP contribution in [0.2, 0.25) is 20.1 Å². The summed E-state index contributed by atoms with van der Waals surface area (Å²) in [6, 6.07) is 6.28. The first-order chi connectivity index (χ1) is 13.3. The largest absolute Gasteiger partial charge is 0.483 e. The van der Waals surface area contributed by atoms with E-state index in [1.807, 2.05) is 0 Å². The van der Waals surface area contributed by atoms with Crippen LogP contribution in [0.25, 0.3) is 0 Å². The van der Waals surface area contributed by atoms with Crippen molar-refractivity contribution in [3.63, 3.8) is 0 Å². The molecule has 0 radical (unpaired) electrons. The molecule has 10 heteroatoms. The van der Waals surface area contributed by atoms with Crippen LogP contribution in [0.1, 0.15) is 22.0 Å². The van der Waals surface area contributed by atoms with E-state index >= 15 is 0 Å². The van der Waals surface area contributed by atoms with Crippen molar-refractivity contribution < 1.29 is 13.9 Å². The number of nitrogens with zero attached hydrogens (tertiary/aromatic N) is 3. The summed E-state index contributed by atoms with van der Waals surface area (Å²) in [6.45, 7) is 0.336. The number of aryl methyl sites for hydroxylation is 1. The SMILES string of the molecule is CN(Cc1c(Cl)cnn1C)C(=O)c1ccc(COc2c(Cl)cc(Cl)cc2Cl)o1. The minimum absolute atomic E-state index is 0.0472. The normalized spacial score (nSPS) is 10.9. The van der Waals surface area contributed by atoms with Crippen molar-refractivity contribution in [3.05, 3.63) is 67.8 Å². The highest BCUT2D eigenvalue weighted by molar-refractivity contribution is 6.40. The highest BCUT2D eigenvalue weighted by Gasteiger charge is 2.19. The van der Waals surface area contributed by atoms with Crippen LogP contribution in [-0.4, -0.2) is 27.6 Å². The molecule has 2 heterocycles. The van der Waals surface area contributed by atoms with Crippen LogP contribution in [0.3, 0.4) is 0 Å². The molecule has 1 amide bonds. The van der Waals surface area contributed by atoms with E-state index in [1.165, 1.54) is 23.2 Å². The molecule has 0 bridgehead atoms. The molecule has 0 aliphatic carbocycles.